The molecule has 0 saturated heterocycles. The minimum atomic E-state index is 0.532. The minimum Gasteiger partial charge on any atom is -0.347 e. The second kappa shape index (κ2) is 11.2. The van der Waals surface area contributed by atoms with Crippen molar-refractivity contribution < 1.29 is 0 Å². The number of nitriles is 1. The number of rotatable bonds is 3. The van der Waals surface area contributed by atoms with E-state index >= 15 is 0 Å². The lowest BCUT2D eigenvalue weighted by atomic mass is 10.1. The van der Waals surface area contributed by atoms with Crippen LogP contribution in [0.5, 0.6) is 0 Å². The van der Waals surface area contributed by atoms with Crippen LogP contribution in [0.4, 0.5) is 0 Å². The lowest BCUT2D eigenvalue weighted by Gasteiger charge is -2.11. The van der Waals surface area contributed by atoms with Gasteiger partial charge in [-0.3, -0.25) is 0 Å². The van der Waals surface area contributed by atoms with Gasteiger partial charge in [-0.25, -0.2) is 0 Å². The van der Waals surface area contributed by atoms with Crippen LogP contribution in [-0.2, 0) is 13.5 Å². The average Bonchev–Trinajstić information content (AvgIpc) is 3.04. The van der Waals surface area contributed by atoms with E-state index in [1.807, 2.05) is 63.6 Å². The Balaban J connectivity index is 0.000000921. The third-order valence-electron chi connectivity index (χ3n) is 4.13. The number of hydrogen-bond acceptors (Lipinski definition) is 1. The number of aromatic nitrogens is 1. The molecule has 2 aromatic carbocycles. The second-order valence-electron chi connectivity index (χ2n) is 5.51. The fourth-order valence-corrected chi connectivity index (χ4v) is 3.64. The molecule has 1 aromatic heterocycles. The summed E-state index contributed by atoms with van der Waals surface area (Å²) in [7, 11) is 1.94. The summed E-state index contributed by atoms with van der Waals surface area (Å²) in [4.78, 5) is 0. The van der Waals surface area contributed by atoms with E-state index in [9.17, 15) is 0 Å². The number of hydrogen-bond donors (Lipinski definition) is 0. The van der Waals surface area contributed by atoms with Crippen molar-refractivity contribution in [2.45, 2.75) is 34.1 Å². The molecule has 0 aliphatic carbocycles. The van der Waals surface area contributed by atoms with Gasteiger partial charge in [-0.05, 0) is 35.4 Å². The molecule has 2 nitrogen and oxygen atoms in total. The van der Waals surface area contributed by atoms with Crippen molar-refractivity contribution >= 4 is 51.8 Å². The predicted molar refractivity (Wildman–Crippen MR) is 125 cm³/mol. The summed E-state index contributed by atoms with van der Waals surface area (Å²) in [6.07, 6.45) is 2.27. The van der Waals surface area contributed by atoms with E-state index in [0.29, 0.717) is 27.1 Å². The van der Waals surface area contributed by atoms with E-state index in [1.54, 1.807) is 12.1 Å². The molecule has 0 aliphatic heterocycles. The van der Waals surface area contributed by atoms with Gasteiger partial charge in [0.2, 0.25) is 0 Å². The molecule has 28 heavy (non-hydrogen) atoms. The molecule has 1 heterocycles. The third kappa shape index (κ3) is 4.92. The molecule has 0 atom stereocenters. The Morgan fingerprint density at radius 1 is 1.04 bits per heavy atom. The molecule has 0 amide bonds. The normalized spacial score (nSPS) is 9.68. The monoisotopic (exact) mass is 434 g/mol. The second-order valence-corrected chi connectivity index (χ2v) is 6.70. The van der Waals surface area contributed by atoms with Gasteiger partial charge in [0, 0.05) is 29.6 Å². The fourth-order valence-electron chi connectivity index (χ4n) is 2.79. The van der Waals surface area contributed by atoms with Gasteiger partial charge >= 0.3 is 0 Å². The molecule has 5 heteroatoms. The van der Waals surface area contributed by atoms with E-state index in [1.165, 1.54) is 0 Å². The standard InChI is InChI=1S/C19H13Cl3N2.2C2H6/c1-3-12-4-5-16(20)15(19(12)22)9-13-8-14-17(21)6-11(10-23)7-18(14)24(13)2;2*1-2/h3-8H,1,9H2,2H3;2*1-2H3. The van der Waals surface area contributed by atoms with Gasteiger partial charge in [0.05, 0.1) is 27.2 Å². The number of aryl methyl sites for hydroxylation is 1. The van der Waals surface area contributed by atoms with Crippen molar-refractivity contribution in [2.24, 2.45) is 7.05 Å². The summed E-state index contributed by atoms with van der Waals surface area (Å²) in [6, 6.07) is 11.3. The molecule has 0 aliphatic rings. The Morgan fingerprint density at radius 2 is 1.68 bits per heavy atom. The summed E-state index contributed by atoms with van der Waals surface area (Å²) in [5.41, 5.74) is 4.14. The van der Waals surface area contributed by atoms with Gasteiger partial charge in [-0.1, -0.05) is 81.2 Å². The first kappa shape index (κ1) is 24.1. The van der Waals surface area contributed by atoms with Crippen LogP contribution in [-0.4, -0.2) is 4.57 Å². The highest BCUT2D eigenvalue weighted by molar-refractivity contribution is 6.37. The predicted octanol–water partition coefficient (Wildman–Crippen LogP) is 8.30. The Hall–Kier alpha value is -1.92. The molecule has 0 spiro atoms. The largest absolute Gasteiger partial charge is 0.347 e. The number of halogens is 3. The smallest absolute Gasteiger partial charge is 0.0992 e. The summed E-state index contributed by atoms with van der Waals surface area (Å²) in [5.74, 6) is 0. The lowest BCUT2D eigenvalue weighted by molar-refractivity contribution is 0.880. The Labute approximate surface area is 182 Å². The number of nitrogens with zero attached hydrogens (tertiary/aromatic N) is 2. The van der Waals surface area contributed by atoms with E-state index in [0.717, 1.165) is 27.7 Å². The Morgan fingerprint density at radius 3 is 2.25 bits per heavy atom. The highest BCUT2D eigenvalue weighted by Crippen LogP contribution is 2.34. The van der Waals surface area contributed by atoms with Gasteiger partial charge in [0.1, 0.15) is 0 Å². The maximum Gasteiger partial charge on any atom is 0.0992 e. The molecule has 0 unspecified atom stereocenters. The van der Waals surface area contributed by atoms with E-state index < -0.39 is 0 Å². The van der Waals surface area contributed by atoms with Crippen LogP contribution in [0.15, 0.2) is 36.9 Å². The van der Waals surface area contributed by atoms with Crippen LogP contribution >= 0.6 is 34.8 Å². The zero-order valence-electron chi connectivity index (χ0n) is 16.9. The molecule has 3 aromatic rings. The van der Waals surface area contributed by atoms with Gasteiger partial charge in [-0.15, -0.1) is 0 Å². The highest BCUT2D eigenvalue weighted by Gasteiger charge is 2.15. The number of fused-ring (bicyclic) bond motifs is 1. The van der Waals surface area contributed by atoms with Crippen molar-refractivity contribution in [3.8, 4) is 6.07 Å². The third-order valence-corrected chi connectivity index (χ3v) is 5.25. The van der Waals surface area contributed by atoms with E-state index in [4.69, 9.17) is 40.1 Å². The maximum absolute atomic E-state index is 9.12. The zero-order valence-corrected chi connectivity index (χ0v) is 19.2. The van der Waals surface area contributed by atoms with Gasteiger partial charge < -0.3 is 4.57 Å². The first-order valence-electron chi connectivity index (χ1n) is 9.23. The summed E-state index contributed by atoms with van der Waals surface area (Å²) < 4.78 is 2.01. The molecular formula is C23H25Cl3N2. The Bertz CT molecular complexity index is 1010. The van der Waals surface area contributed by atoms with Crippen LogP contribution in [0.25, 0.3) is 17.0 Å². The fraction of sp³-hybridized carbons (Fsp3) is 0.261. The summed E-state index contributed by atoms with van der Waals surface area (Å²) >= 11 is 19.1. The van der Waals surface area contributed by atoms with E-state index in [2.05, 4.69) is 12.6 Å². The maximum atomic E-state index is 9.12. The molecule has 148 valence electrons. The summed E-state index contributed by atoms with van der Waals surface area (Å²) in [5, 5.41) is 11.8. The summed E-state index contributed by atoms with van der Waals surface area (Å²) in [6.45, 7) is 11.8. The van der Waals surface area contributed by atoms with Crippen molar-refractivity contribution in [3.63, 3.8) is 0 Å². The van der Waals surface area contributed by atoms with Crippen LogP contribution < -0.4 is 0 Å². The average molecular weight is 436 g/mol. The molecule has 0 bridgehead atoms. The van der Waals surface area contributed by atoms with Crippen LogP contribution in [0.3, 0.4) is 0 Å². The highest BCUT2D eigenvalue weighted by atomic mass is 35.5. The van der Waals surface area contributed by atoms with Gasteiger partial charge in [-0.2, -0.15) is 5.26 Å². The molecule has 0 radical (unpaired) electrons. The molecule has 3 rings (SSSR count). The topological polar surface area (TPSA) is 28.7 Å². The quantitative estimate of drug-likeness (QED) is 0.406. The van der Waals surface area contributed by atoms with Crippen molar-refractivity contribution in [3.05, 3.63) is 74.4 Å². The van der Waals surface area contributed by atoms with Crippen molar-refractivity contribution in [1.29, 1.82) is 5.26 Å². The van der Waals surface area contributed by atoms with E-state index in [-0.39, 0.29) is 0 Å². The molecular weight excluding hydrogens is 411 g/mol. The minimum absolute atomic E-state index is 0.532. The molecule has 0 saturated carbocycles. The Kier molecular flexibility index (Phi) is 9.62. The number of benzene rings is 2. The van der Waals surface area contributed by atoms with Gasteiger partial charge in [0.25, 0.3) is 0 Å². The lowest BCUT2D eigenvalue weighted by Crippen LogP contribution is -1.99. The van der Waals surface area contributed by atoms with Crippen LogP contribution in [0, 0.1) is 11.3 Å². The molecule has 0 fully saturated rings. The zero-order chi connectivity index (χ0) is 21.4. The van der Waals surface area contributed by atoms with Crippen LogP contribution in [0.2, 0.25) is 15.1 Å². The van der Waals surface area contributed by atoms with Crippen molar-refractivity contribution in [2.75, 3.05) is 0 Å². The first-order chi connectivity index (χ1) is 13.5. The van der Waals surface area contributed by atoms with Gasteiger partial charge in [0.15, 0.2) is 0 Å². The van der Waals surface area contributed by atoms with Crippen molar-refractivity contribution in [1.82, 2.24) is 4.57 Å². The first-order valence-corrected chi connectivity index (χ1v) is 10.4. The SMILES string of the molecule is C=Cc1ccc(Cl)c(Cc2cc3c(Cl)cc(C#N)cc3n2C)c1Cl.CC.CC. The van der Waals surface area contributed by atoms with Crippen LogP contribution in [0.1, 0.15) is 50.1 Å². The molecule has 0 N–H and O–H groups in total.